The van der Waals surface area contributed by atoms with Gasteiger partial charge >= 0.3 is 0 Å². The van der Waals surface area contributed by atoms with Crippen molar-refractivity contribution in [1.29, 1.82) is 0 Å². The molecule has 100 valence electrons. The second-order valence-corrected chi connectivity index (χ2v) is 4.65. The third-order valence-electron chi connectivity index (χ3n) is 3.36. The quantitative estimate of drug-likeness (QED) is 0.652. The fraction of sp³-hybridized carbons (Fsp3) is 0.333. The first kappa shape index (κ1) is 13.5. The number of rotatable bonds is 4. The van der Waals surface area contributed by atoms with Crippen LogP contribution < -0.4 is 11.3 Å². The van der Waals surface area contributed by atoms with Crippen LogP contribution in [0.15, 0.2) is 24.3 Å². The molecule has 0 radical (unpaired) electrons. The maximum Gasteiger partial charge on any atom is 0.147 e. The molecule has 2 rings (SSSR count). The molecule has 2 aromatic rings. The molecule has 0 fully saturated rings. The molecule has 0 amide bonds. The van der Waals surface area contributed by atoms with E-state index in [1.54, 1.807) is 0 Å². The van der Waals surface area contributed by atoms with E-state index in [1.807, 2.05) is 19.1 Å². The van der Waals surface area contributed by atoms with Crippen molar-refractivity contribution in [3.63, 3.8) is 0 Å². The minimum Gasteiger partial charge on any atom is -0.308 e. The van der Waals surface area contributed by atoms with Gasteiger partial charge in [-0.1, -0.05) is 31.2 Å². The molecule has 1 heterocycles. The molecule has 0 bridgehead atoms. The van der Waals surface area contributed by atoms with Crippen LogP contribution in [0, 0.1) is 13.8 Å². The van der Waals surface area contributed by atoms with Gasteiger partial charge in [-0.2, -0.15) is 0 Å². The molecule has 1 aromatic carbocycles. The number of hydrazine groups is 1. The van der Waals surface area contributed by atoms with Crippen LogP contribution in [0.4, 0.5) is 5.82 Å². The molecule has 0 saturated carbocycles. The van der Waals surface area contributed by atoms with Crippen LogP contribution >= 0.6 is 0 Å². The van der Waals surface area contributed by atoms with Crippen LogP contribution in [0.1, 0.15) is 35.1 Å². The number of benzene rings is 1. The van der Waals surface area contributed by atoms with Crippen molar-refractivity contribution in [3.05, 3.63) is 52.5 Å². The molecule has 0 aliphatic heterocycles. The maximum absolute atomic E-state index is 5.55. The van der Waals surface area contributed by atoms with Crippen LogP contribution in [0.5, 0.6) is 0 Å². The summed E-state index contributed by atoms with van der Waals surface area (Å²) in [5.41, 5.74) is 7.25. The minimum atomic E-state index is 0.728. The van der Waals surface area contributed by atoms with E-state index in [0.29, 0.717) is 0 Å². The summed E-state index contributed by atoms with van der Waals surface area (Å²) in [5, 5.41) is 0. The fourth-order valence-electron chi connectivity index (χ4n) is 2.25. The van der Waals surface area contributed by atoms with Crippen molar-refractivity contribution in [2.24, 2.45) is 5.84 Å². The summed E-state index contributed by atoms with van der Waals surface area (Å²) in [5.74, 6) is 7.08. The lowest BCUT2D eigenvalue weighted by Crippen LogP contribution is -2.15. The van der Waals surface area contributed by atoms with E-state index < -0.39 is 0 Å². The number of nitrogens with zero attached hydrogens (tertiary/aromatic N) is 2. The van der Waals surface area contributed by atoms with Crippen molar-refractivity contribution in [3.8, 4) is 0 Å². The summed E-state index contributed by atoms with van der Waals surface area (Å²) < 4.78 is 0. The average molecular weight is 256 g/mol. The van der Waals surface area contributed by atoms with Gasteiger partial charge in [0.25, 0.3) is 0 Å². The van der Waals surface area contributed by atoms with E-state index in [-0.39, 0.29) is 0 Å². The molecular weight excluding hydrogens is 236 g/mol. The Balaban J connectivity index is 2.36. The molecule has 0 spiro atoms. The Morgan fingerprint density at radius 2 is 1.89 bits per heavy atom. The topological polar surface area (TPSA) is 63.8 Å². The number of hydrogen-bond acceptors (Lipinski definition) is 4. The Kier molecular flexibility index (Phi) is 4.12. The number of aromatic nitrogens is 2. The molecule has 3 N–H and O–H groups in total. The van der Waals surface area contributed by atoms with E-state index in [1.165, 1.54) is 11.1 Å². The molecule has 0 atom stereocenters. The largest absolute Gasteiger partial charge is 0.308 e. The summed E-state index contributed by atoms with van der Waals surface area (Å²) in [7, 11) is 0. The smallest absolute Gasteiger partial charge is 0.147 e. The van der Waals surface area contributed by atoms with Crippen LogP contribution in [0.25, 0.3) is 0 Å². The molecule has 0 saturated heterocycles. The molecule has 1 aromatic heterocycles. The van der Waals surface area contributed by atoms with E-state index in [0.717, 1.165) is 35.7 Å². The van der Waals surface area contributed by atoms with Gasteiger partial charge in [0, 0.05) is 17.7 Å². The molecule has 0 aliphatic carbocycles. The maximum atomic E-state index is 5.55. The monoisotopic (exact) mass is 256 g/mol. The first-order chi connectivity index (χ1) is 9.15. The molecule has 0 aliphatic rings. The SMILES string of the molecule is CCc1c(C)nc(Cc2ccccc2C)nc1NN. The second-order valence-electron chi connectivity index (χ2n) is 4.65. The summed E-state index contributed by atoms with van der Waals surface area (Å²) in [6, 6.07) is 8.29. The minimum absolute atomic E-state index is 0.728. The van der Waals surface area contributed by atoms with Crippen molar-refractivity contribution in [2.75, 3.05) is 5.43 Å². The summed E-state index contributed by atoms with van der Waals surface area (Å²) in [4.78, 5) is 9.09. The first-order valence-electron chi connectivity index (χ1n) is 6.53. The highest BCUT2D eigenvalue weighted by Gasteiger charge is 2.10. The van der Waals surface area contributed by atoms with E-state index in [2.05, 4.69) is 41.4 Å². The lowest BCUT2D eigenvalue weighted by molar-refractivity contribution is 0.900. The zero-order chi connectivity index (χ0) is 13.8. The third kappa shape index (κ3) is 2.90. The van der Waals surface area contributed by atoms with Gasteiger partial charge in [-0.25, -0.2) is 15.8 Å². The van der Waals surface area contributed by atoms with Crippen molar-refractivity contribution >= 4 is 5.82 Å². The molecule has 19 heavy (non-hydrogen) atoms. The Labute approximate surface area is 114 Å². The van der Waals surface area contributed by atoms with Crippen LogP contribution in [0.3, 0.4) is 0 Å². The Bertz CT molecular complexity index is 578. The fourth-order valence-corrected chi connectivity index (χ4v) is 2.25. The Hall–Kier alpha value is -1.94. The molecule has 4 heteroatoms. The zero-order valence-electron chi connectivity index (χ0n) is 11.7. The van der Waals surface area contributed by atoms with Gasteiger partial charge in [0.1, 0.15) is 11.6 Å². The van der Waals surface area contributed by atoms with Gasteiger partial charge in [-0.05, 0) is 31.4 Å². The number of aryl methyl sites for hydroxylation is 2. The van der Waals surface area contributed by atoms with Crippen molar-refractivity contribution in [2.45, 2.75) is 33.6 Å². The highest BCUT2D eigenvalue weighted by Crippen LogP contribution is 2.18. The number of anilines is 1. The number of nitrogen functional groups attached to an aromatic ring is 1. The predicted octanol–water partition coefficient (Wildman–Crippen LogP) is 2.53. The van der Waals surface area contributed by atoms with Gasteiger partial charge in [0.2, 0.25) is 0 Å². The number of nitrogens with two attached hydrogens (primary N) is 1. The van der Waals surface area contributed by atoms with Crippen LogP contribution in [-0.4, -0.2) is 9.97 Å². The van der Waals surface area contributed by atoms with E-state index >= 15 is 0 Å². The lowest BCUT2D eigenvalue weighted by Gasteiger charge is -2.12. The Morgan fingerprint density at radius 3 is 2.53 bits per heavy atom. The van der Waals surface area contributed by atoms with Gasteiger partial charge < -0.3 is 5.43 Å². The van der Waals surface area contributed by atoms with Gasteiger partial charge in [0.05, 0.1) is 0 Å². The number of hydrogen-bond donors (Lipinski definition) is 2. The van der Waals surface area contributed by atoms with Crippen molar-refractivity contribution in [1.82, 2.24) is 9.97 Å². The summed E-state index contributed by atoms with van der Waals surface area (Å²) >= 11 is 0. The third-order valence-corrected chi connectivity index (χ3v) is 3.36. The summed E-state index contributed by atoms with van der Waals surface area (Å²) in [6.07, 6.45) is 1.60. The second kappa shape index (κ2) is 5.80. The highest BCUT2D eigenvalue weighted by atomic mass is 15.3. The molecular formula is C15H20N4. The zero-order valence-corrected chi connectivity index (χ0v) is 11.7. The molecule has 4 nitrogen and oxygen atoms in total. The lowest BCUT2D eigenvalue weighted by atomic mass is 10.1. The van der Waals surface area contributed by atoms with Gasteiger partial charge in [-0.15, -0.1) is 0 Å². The van der Waals surface area contributed by atoms with Crippen molar-refractivity contribution < 1.29 is 0 Å². The highest BCUT2D eigenvalue weighted by molar-refractivity contribution is 5.46. The Morgan fingerprint density at radius 1 is 1.16 bits per heavy atom. The van der Waals surface area contributed by atoms with E-state index in [4.69, 9.17) is 5.84 Å². The molecule has 0 unspecified atom stereocenters. The number of nitrogens with one attached hydrogen (secondary N) is 1. The standard InChI is InChI=1S/C15H20N4/c1-4-13-11(3)17-14(18-15(13)19-16)9-12-8-6-5-7-10(12)2/h5-8H,4,9,16H2,1-3H3,(H,17,18,19). The normalized spacial score (nSPS) is 10.5. The van der Waals surface area contributed by atoms with Gasteiger partial charge in [-0.3, -0.25) is 0 Å². The predicted molar refractivity (Wildman–Crippen MR) is 77.9 cm³/mol. The van der Waals surface area contributed by atoms with Crippen LogP contribution in [0.2, 0.25) is 0 Å². The van der Waals surface area contributed by atoms with Crippen LogP contribution in [-0.2, 0) is 12.8 Å². The summed E-state index contributed by atoms with van der Waals surface area (Å²) in [6.45, 7) is 6.18. The first-order valence-corrected chi connectivity index (χ1v) is 6.53. The average Bonchev–Trinajstić information content (AvgIpc) is 2.40. The van der Waals surface area contributed by atoms with E-state index in [9.17, 15) is 0 Å². The van der Waals surface area contributed by atoms with Gasteiger partial charge in [0.15, 0.2) is 0 Å².